The summed E-state index contributed by atoms with van der Waals surface area (Å²) in [4.78, 5) is 15.9. The van der Waals surface area contributed by atoms with Crippen LogP contribution in [0.25, 0.3) is 0 Å². The molecular formula is C16H21F3N2O2. The van der Waals surface area contributed by atoms with Crippen molar-refractivity contribution >= 4 is 5.91 Å². The van der Waals surface area contributed by atoms with Crippen LogP contribution in [-0.2, 0) is 11.0 Å². The Hall–Kier alpha value is -1.76. The summed E-state index contributed by atoms with van der Waals surface area (Å²) in [6.07, 6.45) is -3.41. The van der Waals surface area contributed by atoms with Crippen molar-refractivity contribution in [1.29, 1.82) is 0 Å². The zero-order valence-corrected chi connectivity index (χ0v) is 13.3. The lowest BCUT2D eigenvalue weighted by Gasteiger charge is -2.18. The van der Waals surface area contributed by atoms with Gasteiger partial charge in [0.05, 0.1) is 5.56 Å². The summed E-state index contributed by atoms with van der Waals surface area (Å²) in [5, 5.41) is 0. The van der Waals surface area contributed by atoms with Crippen LogP contribution in [0.3, 0.4) is 0 Å². The molecule has 1 atom stereocenters. The van der Waals surface area contributed by atoms with E-state index in [0.717, 1.165) is 25.1 Å². The number of hydrogen-bond donors (Lipinski definition) is 0. The number of carbonyl (C=O) groups is 1. The summed E-state index contributed by atoms with van der Waals surface area (Å²) >= 11 is 0. The van der Waals surface area contributed by atoms with Gasteiger partial charge in [0.2, 0.25) is 0 Å². The van der Waals surface area contributed by atoms with Gasteiger partial charge in [0.1, 0.15) is 5.75 Å². The van der Waals surface area contributed by atoms with Crippen LogP contribution in [0.2, 0.25) is 0 Å². The highest BCUT2D eigenvalue weighted by atomic mass is 19.4. The molecule has 0 bridgehead atoms. The number of hydrogen-bond acceptors (Lipinski definition) is 3. The lowest BCUT2D eigenvalue weighted by molar-refractivity contribution is -0.137. The van der Waals surface area contributed by atoms with E-state index in [0.29, 0.717) is 19.0 Å². The fraction of sp³-hybridized carbons (Fsp3) is 0.562. The van der Waals surface area contributed by atoms with Gasteiger partial charge in [-0.25, -0.2) is 0 Å². The minimum atomic E-state index is -4.37. The van der Waals surface area contributed by atoms with Gasteiger partial charge in [0.25, 0.3) is 5.91 Å². The van der Waals surface area contributed by atoms with Crippen molar-refractivity contribution in [2.45, 2.75) is 12.6 Å². The summed E-state index contributed by atoms with van der Waals surface area (Å²) in [6.45, 7) is 2.19. The van der Waals surface area contributed by atoms with Crippen LogP contribution in [0.4, 0.5) is 13.2 Å². The first-order chi connectivity index (χ1) is 10.8. The molecule has 0 aliphatic carbocycles. The third-order valence-corrected chi connectivity index (χ3v) is 3.81. The van der Waals surface area contributed by atoms with Gasteiger partial charge in [-0.2, -0.15) is 13.2 Å². The van der Waals surface area contributed by atoms with E-state index in [1.54, 1.807) is 4.90 Å². The van der Waals surface area contributed by atoms with Gasteiger partial charge in [-0.05, 0) is 50.7 Å². The van der Waals surface area contributed by atoms with E-state index in [9.17, 15) is 18.0 Å². The number of halogens is 3. The van der Waals surface area contributed by atoms with Crippen LogP contribution in [-0.4, -0.2) is 56.0 Å². The molecule has 1 aliphatic heterocycles. The first-order valence-corrected chi connectivity index (χ1v) is 7.48. The Balaban J connectivity index is 1.81. The minimum absolute atomic E-state index is 0.133. The molecule has 1 heterocycles. The lowest BCUT2D eigenvalue weighted by Crippen LogP contribution is -2.34. The summed E-state index contributed by atoms with van der Waals surface area (Å²) in [5.41, 5.74) is -0.734. The van der Waals surface area contributed by atoms with Gasteiger partial charge in [-0.15, -0.1) is 0 Å². The molecule has 0 saturated carbocycles. The van der Waals surface area contributed by atoms with E-state index in [4.69, 9.17) is 4.74 Å². The maximum atomic E-state index is 12.5. The van der Waals surface area contributed by atoms with Gasteiger partial charge in [0, 0.05) is 19.6 Å². The quantitative estimate of drug-likeness (QED) is 0.832. The van der Waals surface area contributed by atoms with Crippen molar-refractivity contribution in [2.75, 3.05) is 40.3 Å². The maximum absolute atomic E-state index is 12.5. The number of likely N-dealkylation sites (tertiary alicyclic amines) is 1. The second-order valence-corrected chi connectivity index (χ2v) is 6.07. The molecule has 4 nitrogen and oxygen atoms in total. The average molecular weight is 330 g/mol. The summed E-state index contributed by atoms with van der Waals surface area (Å²) in [7, 11) is 4.00. The Morgan fingerprint density at radius 1 is 1.30 bits per heavy atom. The molecule has 1 fully saturated rings. The van der Waals surface area contributed by atoms with Crippen LogP contribution in [0.15, 0.2) is 24.3 Å². The van der Waals surface area contributed by atoms with Gasteiger partial charge < -0.3 is 14.5 Å². The predicted molar refractivity (Wildman–Crippen MR) is 80.2 cm³/mol. The standard InChI is InChI=1S/C16H21F3N2O2/c1-20(2)9-12-7-8-21(10-12)15(22)11-23-14-5-3-13(4-6-14)16(17,18)19/h3-6,12H,7-11H2,1-2H3. The van der Waals surface area contributed by atoms with Crippen LogP contribution in [0, 0.1) is 5.92 Å². The maximum Gasteiger partial charge on any atom is 0.416 e. The van der Waals surface area contributed by atoms with Gasteiger partial charge in [0.15, 0.2) is 6.61 Å². The van der Waals surface area contributed by atoms with Crippen molar-refractivity contribution in [3.05, 3.63) is 29.8 Å². The van der Waals surface area contributed by atoms with E-state index in [1.807, 2.05) is 14.1 Å². The predicted octanol–water partition coefficient (Wildman–Crippen LogP) is 2.49. The normalized spacial score (nSPS) is 18.5. The molecule has 1 saturated heterocycles. The van der Waals surface area contributed by atoms with Gasteiger partial charge in [-0.1, -0.05) is 0 Å². The molecule has 1 aromatic rings. The Morgan fingerprint density at radius 2 is 1.96 bits per heavy atom. The highest BCUT2D eigenvalue weighted by molar-refractivity contribution is 5.78. The van der Waals surface area contributed by atoms with Crippen LogP contribution < -0.4 is 4.74 Å². The van der Waals surface area contributed by atoms with E-state index < -0.39 is 11.7 Å². The van der Waals surface area contributed by atoms with E-state index in [-0.39, 0.29) is 18.3 Å². The zero-order valence-electron chi connectivity index (χ0n) is 13.3. The SMILES string of the molecule is CN(C)CC1CCN(C(=O)COc2ccc(C(F)(F)F)cc2)C1. The van der Waals surface area contributed by atoms with E-state index in [1.165, 1.54) is 12.1 Å². The summed E-state index contributed by atoms with van der Waals surface area (Å²) in [5.74, 6) is 0.585. The van der Waals surface area contributed by atoms with Crippen LogP contribution in [0.1, 0.15) is 12.0 Å². The molecule has 2 rings (SSSR count). The Kier molecular flexibility index (Phi) is 5.51. The monoisotopic (exact) mass is 330 g/mol. The Bertz CT molecular complexity index is 529. The number of ether oxygens (including phenoxy) is 1. The largest absolute Gasteiger partial charge is 0.484 e. The molecule has 23 heavy (non-hydrogen) atoms. The molecule has 0 radical (unpaired) electrons. The summed E-state index contributed by atoms with van der Waals surface area (Å²) in [6, 6.07) is 4.36. The second kappa shape index (κ2) is 7.21. The average Bonchev–Trinajstić information content (AvgIpc) is 2.92. The number of alkyl halides is 3. The fourth-order valence-corrected chi connectivity index (χ4v) is 2.70. The smallest absolute Gasteiger partial charge is 0.416 e. The highest BCUT2D eigenvalue weighted by Crippen LogP contribution is 2.30. The molecule has 1 amide bonds. The molecule has 0 N–H and O–H groups in total. The first kappa shape index (κ1) is 17.6. The first-order valence-electron chi connectivity index (χ1n) is 7.48. The molecule has 0 aromatic heterocycles. The number of carbonyl (C=O) groups excluding carboxylic acids is 1. The lowest BCUT2D eigenvalue weighted by atomic mass is 10.1. The zero-order chi connectivity index (χ0) is 17.0. The summed E-state index contributed by atoms with van der Waals surface area (Å²) < 4.78 is 42.7. The van der Waals surface area contributed by atoms with Crippen LogP contribution >= 0.6 is 0 Å². The Morgan fingerprint density at radius 3 is 2.52 bits per heavy atom. The number of nitrogens with zero attached hydrogens (tertiary/aromatic N) is 2. The molecule has 7 heteroatoms. The molecule has 1 unspecified atom stereocenters. The third-order valence-electron chi connectivity index (χ3n) is 3.81. The van der Waals surface area contributed by atoms with Crippen molar-refractivity contribution in [3.8, 4) is 5.75 Å². The van der Waals surface area contributed by atoms with Crippen molar-refractivity contribution in [2.24, 2.45) is 5.92 Å². The second-order valence-electron chi connectivity index (χ2n) is 6.07. The van der Waals surface area contributed by atoms with Crippen molar-refractivity contribution in [1.82, 2.24) is 9.80 Å². The van der Waals surface area contributed by atoms with E-state index in [2.05, 4.69) is 4.90 Å². The topological polar surface area (TPSA) is 32.8 Å². The van der Waals surface area contributed by atoms with Gasteiger partial charge in [-0.3, -0.25) is 4.79 Å². The molecule has 128 valence electrons. The number of rotatable bonds is 5. The third kappa shape index (κ3) is 5.13. The van der Waals surface area contributed by atoms with E-state index >= 15 is 0 Å². The molecule has 1 aliphatic rings. The van der Waals surface area contributed by atoms with Crippen molar-refractivity contribution < 1.29 is 22.7 Å². The minimum Gasteiger partial charge on any atom is -0.484 e. The molecule has 1 aromatic carbocycles. The number of amides is 1. The fourth-order valence-electron chi connectivity index (χ4n) is 2.70. The van der Waals surface area contributed by atoms with Crippen molar-refractivity contribution in [3.63, 3.8) is 0 Å². The Labute approximate surface area is 133 Å². The van der Waals surface area contributed by atoms with Crippen LogP contribution in [0.5, 0.6) is 5.75 Å². The molecular weight excluding hydrogens is 309 g/mol. The number of benzene rings is 1. The highest BCUT2D eigenvalue weighted by Gasteiger charge is 2.30. The molecule has 0 spiro atoms. The van der Waals surface area contributed by atoms with Gasteiger partial charge >= 0.3 is 6.18 Å².